The summed E-state index contributed by atoms with van der Waals surface area (Å²) < 4.78 is 10.8. The molecule has 1 saturated carbocycles. The van der Waals surface area contributed by atoms with Crippen LogP contribution < -0.4 is 14.8 Å². The van der Waals surface area contributed by atoms with E-state index in [0.29, 0.717) is 11.9 Å². The van der Waals surface area contributed by atoms with Crippen molar-refractivity contribution in [2.75, 3.05) is 14.2 Å². The maximum Gasteiger partial charge on any atom is 0.217 e. The van der Waals surface area contributed by atoms with Gasteiger partial charge in [-0.1, -0.05) is 0 Å². The molecule has 0 spiro atoms. The van der Waals surface area contributed by atoms with Crippen molar-refractivity contribution in [1.82, 2.24) is 10.3 Å². The van der Waals surface area contributed by atoms with E-state index in [2.05, 4.69) is 10.3 Å². The quantitative estimate of drug-likeness (QED) is 0.808. The normalized spacial score (nSPS) is 24.4. The zero-order chi connectivity index (χ0) is 10.7. The maximum atomic E-state index is 5.74. The Bertz CT molecular complexity index is 328. The Hall–Kier alpha value is -1.29. The molecule has 0 unspecified atom stereocenters. The first-order valence-corrected chi connectivity index (χ1v) is 5.17. The van der Waals surface area contributed by atoms with E-state index in [1.165, 1.54) is 6.42 Å². The topological polar surface area (TPSA) is 43.4 Å². The predicted molar refractivity (Wildman–Crippen MR) is 57.3 cm³/mol. The lowest BCUT2D eigenvalue weighted by atomic mass is 9.89. The number of likely N-dealkylation sites (N-methyl/N-ethyl adjacent to an activating group) is 1. The molecule has 4 heteroatoms. The smallest absolute Gasteiger partial charge is 0.217 e. The molecule has 1 aromatic rings. The Morgan fingerprint density at radius 3 is 2.93 bits per heavy atom. The van der Waals surface area contributed by atoms with E-state index in [1.807, 2.05) is 19.2 Å². The van der Waals surface area contributed by atoms with Crippen LogP contribution >= 0.6 is 0 Å². The van der Waals surface area contributed by atoms with Gasteiger partial charge in [0.15, 0.2) is 0 Å². The number of pyridine rings is 1. The number of nitrogens with one attached hydrogen (secondary N) is 1. The molecule has 1 N–H and O–H groups in total. The van der Waals surface area contributed by atoms with Crippen molar-refractivity contribution in [1.29, 1.82) is 0 Å². The van der Waals surface area contributed by atoms with Crippen LogP contribution in [0.1, 0.15) is 12.8 Å². The summed E-state index contributed by atoms with van der Waals surface area (Å²) in [7, 11) is 3.60. The fourth-order valence-corrected chi connectivity index (χ4v) is 1.68. The molecule has 0 amide bonds. The lowest BCUT2D eigenvalue weighted by molar-refractivity contribution is 0.0724. The van der Waals surface area contributed by atoms with Gasteiger partial charge in [-0.25, -0.2) is 4.98 Å². The summed E-state index contributed by atoms with van der Waals surface area (Å²) in [4.78, 5) is 4.15. The number of hydrogen-bond donors (Lipinski definition) is 1. The second-order valence-electron chi connectivity index (χ2n) is 3.66. The molecule has 0 radical (unpaired) electrons. The number of aromatic nitrogens is 1. The van der Waals surface area contributed by atoms with E-state index in [4.69, 9.17) is 9.47 Å². The molecule has 1 aromatic heterocycles. The lowest BCUT2D eigenvalue weighted by Gasteiger charge is -2.35. The molecule has 15 heavy (non-hydrogen) atoms. The number of hydrogen-bond acceptors (Lipinski definition) is 4. The Morgan fingerprint density at radius 1 is 1.47 bits per heavy atom. The summed E-state index contributed by atoms with van der Waals surface area (Å²) in [6, 6.07) is 4.08. The fourth-order valence-electron chi connectivity index (χ4n) is 1.68. The van der Waals surface area contributed by atoms with E-state index in [-0.39, 0.29) is 6.10 Å². The lowest BCUT2D eigenvalue weighted by Crippen LogP contribution is -2.49. The molecular formula is C11H16N2O2. The van der Waals surface area contributed by atoms with E-state index >= 15 is 0 Å². The molecule has 1 heterocycles. The van der Waals surface area contributed by atoms with E-state index in [9.17, 15) is 0 Å². The van der Waals surface area contributed by atoms with Crippen molar-refractivity contribution in [3.05, 3.63) is 18.3 Å². The molecule has 0 aliphatic heterocycles. The molecule has 1 aliphatic carbocycles. The van der Waals surface area contributed by atoms with Gasteiger partial charge in [-0.15, -0.1) is 0 Å². The van der Waals surface area contributed by atoms with Gasteiger partial charge in [0, 0.05) is 18.3 Å². The van der Waals surface area contributed by atoms with Crippen LogP contribution in [0.5, 0.6) is 11.6 Å². The van der Waals surface area contributed by atoms with Crippen LogP contribution in [0.3, 0.4) is 0 Å². The second kappa shape index (κ2) is 4.49. The largest absolute Gasteiger partial charge is 0.497 e. The van der Waals surface area contributed by atoms with Gasteiger partial charge in [0.2, 0.25) is 5.88 Å². The molecule has 0 aromatic carbocycles. The second-order valence-corrected chi connectivity index (χ2v) is 3.66. The van der Waals surface area contributed by atoms with E-state index in [0.717, 1.165) is 12.2 Å². The number of ether oxygens (including phenoxy) is 2. The van der Waals surface area contributed by atoms with Gasteiger partial charge < -0.3 is 14.8 Å². The number of rotatable bonds is 4. The highest BCUT2D eigenvalue weighted by atomic mass is 16.5. The number of nitrogens with zero attached hydrogens (tertiary/aromatic N) is 1. The summed E-state index contributed by atoms with van der Waals surface area (Å²) in [5, 5.41) is 3.22. The van der Waals surface area contributed by atoms with Crippen LogP contribution in [0, 0.1) is 0 Å². The first-order valence-electron chi connectivity index (χ1n) is 5.17. The van der Waals surface area contributed by atoms with Crippen LogP contribution in [0.2, 0.25) is 0 Å². The van der Waals surface area contributed by atoms with Gasteiger partial charge in [0.05, 0.1) is 7.11 Å². The third-order valence-corrected chi connectivity index (χ3v) is 2.80. The monoisotopic (exact) mass is 208 g/mol. The Kier molecular flexibility index (Phi) is 3.06. The average molecular weight is 208 g/mol. The fraction of sp³-hybridized carbons (Fsp3) is 0.545. The third kappa shape index (κ3) is 2.21. The molecule has 4 nitrogen and oxygen atoms in total. The maximum absolute atomic E-state index is 5.74. The predicted octanol–water partition coefficient (Wildman–Crippen LogP) is 1.22. The minimum Gasteiger partial charge on any atom is -0.497 e. The summed E-state index contributed by atoms with van der Waals surface area (Å²) in [6.45, 7) is 0. The minimum atomic E-state index is 0.245. The van der Waals surface area contributed by atoms with Crippen LogP contribution in [0.15, 0.2) is 18.3 Å². The number of methoxy groups -OCH3 is 1. The first kappa shape index (κ1) is 10.2. The molecule has 82 valence electrons. The van der Waals surface area contributed by atoms with Crippen LogP contribution in [0.25, 0.3) is 0 Å². The van der Waals surface area contributed by atoms with E-state index in [1.54, 1.807) is 13.3 Å². The SMILES string of the molecule is CN[C@H]1CC[C@@H]1Oc1cc(OC)ccn1. The first-order chi connectivity index (χ1) is 7.33. The van der Waals surface area contributed by atoms with Gasteiger partial charge in [-0.2, -0.15) is 0 Å². The van der Waals surface area contributed by atoms with Crippen LogP contribution in [-0.2, 0) is 0 Å². The molecule has 0 saturated heterocycles. The molecule has 2 atom stereocenters. The highest BCUT2D eigenvalue weighted by molar-refractivity contribution is 5.26. The van der Waals surface area contributed by atoms with Gasteiger partial charge >= 0.3 is 0 Å². The third-order valence-electron chi connectivity index (χ3n) is 2.80. The van der Waals surface area contributed by atoms with Crippen molar-refractivity contribution in [2.24, 2.45) is 0 Å². The van der Waals surface area contributed by atoms with Crippen molar-refractivity contribution >= 4 is 0 Å². The van der Waals surface area contributed by atoms with Crippen LogP contribution in [-0.4, -0.2) is 31.3 Å². The van der Waals surface area contributed by atoms with E-state index < -0.39 is 0 Å². The standard InChI is InChI=1S/C11H16N2O2/c1-12-9-3-4-10(9)15-11-7-8(14-2)5-6-13-11/h5-7,9-10,12H,3-4H2,1-2H3/t9-,10-/m0/s1. The van der Waals surface area contributed by atoms with Gasteiger partial charge in [-0.05, 0) is 26.0 Å². The molecule has 1 aliphatic rings. The summed E-state index contributed by atoms with van der Waals surface area (Å²) in [5.74, 6) is 1.42. The summed E-state index contributed by atoms with van der Waals surface area (Å²) >= 11 is 0. The molecule has 0 bridgehead atoms. The highest BCUT2D eigenvalue weighted by Crippen LogP contribution is 2.26. The van der Waals surface area contributed by atoms with Crippen molar-refractivity contribution < 1.29 is 9.47 Å². The molecule has 1 fully saturated rings. The molecular weight excluding hydrogens is 192 g/mol. The van der Waals surface area contributed by atoms with Gasteiger partial charge in [0.25, 0.3) is 0 Å². The minimum absolute atomic E-state index is 0.245. The average Bonchev–Trinajstić information content (AvgIpc) is 2.25. The Morgan fingerprint density at radius 2 is 2.33 bits per heavy atom. The zero-order valence-corrected chi connectivity index (χ0v) is 9.06. The van der Waals surface area contributed by atoms with Crippen molar-refractivity contribution in [2.45, 2.75) is 25.0 Å². The van der Waals surface area contributed by atoms with Crippen LogP contribution in [0.4, 0.5) is 0 Å². The summed E-state index contributed by atoms with van der Waals surface area (Å²) in [5.41, 5.74) is 0. The summed E-state index contributed by atoms with van der Waals surface area (Å²) in [6.07, 6.45) is 4.20. The Labute approximate surface area is 89.6 Å². The Balaban J connectivity index is 1.98. The van der Waals surface area contributed by atoms with Crippen molar-refractivity contribution in [3.63, 3.8) is 0 Å². The highest BCUT2D eigenvalue weighted by Gasteiger charge is 2.31. The van der Waals surface area contributed by atoms with Gasteiger partial charge in [0.1, 0.15) is 11.9 Å². The molecule has 2 rings (SSSR count). The van der Waals surface area contributed by atoms with Crippen molar-refractivity contribution in [3.8, 4) is 11.6 Å². The van der Waals surface area contributed by atoms with Gasteiger partial charge in [-0.3, -0.25) is 0 Å². The zero-order valence-electron chi connectivity index (χ0n) is 9.06.